The van der Waals surface area contributed by atoms with Crippen molar-refractivity contribution in [2.75, 3.05) is 20.2 Å². The smallest absolute Gasteiger partial charge is 0.225 e. The van der Waals surface area contributed by atoms with E-state index in [9.17, 15) is 4.79 Å². The number of carbonyl (C=O) groups is 1. The Kier molecular flexibility index (Phi) is 4.62. The fourth-order valence-corrected chi connectivity index (χ4v) is 2.09. The number of benzene rings is 1. The highest BCUT2D eigenvalue weighted by atomic mass is 16.5. The van der Waals surface area contributed by atoms with Crippen LogP contribution in [0.15, 0.2) is 30.3 Å². The Hall–Kier alpha value is -1.51. The van der Waals surface area contributed by atoms with Crippen LogP contribution in [0.1, 0.15) is 25.7 Å². The standard InChI is InChI=1S/C15H21NO2/c1-16(15(17)13-7-5-8-13)11-6-12-18-14-9-3-2-4-10-14/h2-4,9-10,13H,5-8,11-12H2,1H3. The minimum Gasteiger partial charge on any atom is -0.494 e. The summed E-state index contributed by atoms with van der Waals surface area (Å²) in [5, 5.41) is 0. The molecule has 0 aliphatic heterocycles. The molecule has 0 bridgehead atoms. The van der Waals surface area contributed by atoms with Gasteiger partial charge in [-0.15, -0.1) is 0 Å². The number of carbonyl (C=O) groups excluding carboxylic acids is 1. The average Bonchev–Trinajstić information content (AvgIpc) is 2.33. The zero-order valence-corrected chi connectivity index (χ0v) is 11.0. The van der Waals surface area contributed by atoms with Crippen LogP contribution >= 0.6 is 0 Å². The Bertz CT molecular complexity index is 373. The summed E-state index contributed by atoms with van der Waals surface area (Å²) >= 11 is 0. The monoisotopic (exact) mass is 247 g/mol. The molecule has 0 heterocycles. The summed E-state index contributed by atoms with van der Waals surface area (Å²) in [5.74, 6) is 1.50. The number of hydrogen-bond donors (Lipinski definition) is 0. The molecule has 1 saturated carbocycles. The van der Waals surface area contributed by atoms with Crippen LogP contribution in [0, 0.1) is 5.92 Å². The zero-order chi connectivity index (χ0) is 12.8. The molecule has 0 unspecified atom stereocenters. The van der Waals surface area contributed by atoms with Crippen LogP contribution in [-0.2, 0) is 4.79 Å². The third kappa shape index (κ3) is 3.49. The van der Waals surface area contributed by atoms with Gasteiger partial charge in [-0.3, -0.25) is 4.79 Å². The maximum atomic E-state index is 11.9. The number of hydrogen-bond acceptors (Lipinski definition) is 2. The number of rotatable bonds is 6. The highest BCUT2D eigenvalue weighted by Crippen LogP contribution is 2.27. The van der Waals surface area contributed by atoms with E-state index in [2.05, 4.69) is 0 Å². The summed E-state index contributed by atoms with van der Waals surface area (Å²) in [6.45, 7) is 1.44. The Morgan fingerprint density at radius 3 is 2.67 bits per heavy atom. The van der Waals surface area contributed by atoms with Crippen molar-refractivity contribution in [1.82, 2.24) is 4.90 Å². The van der Waals surface area contributed by atoms with Crippen LogP contribution in [0.2, 0.25) is 0 Å². The van der Waals surface area contributed by atoms with Gasteiger partial charge in [-0.05, 0) is 31.4 Å². The van der Waals surface area contributed by atoms with Crippen LogP contribution in [0.5, 0.6) is 5.75 Å². The van der Waals surface area contributed by atoms with Crippen molar-refractivity contribution in [2.45, 2.75) is 25.7 Å². The maximum absolute atomic E-state index is 11.9. The van der Waals surface area contributed by atoms with Crippen molar-refractivity contribution in [1.29, 1.82) is 0 Å². The summed E-state index contributed by atoms with van der Waals surface area (Å²) in [6.07, 6.45) is 4.23. The molecule has 0 saturated heterocycles. The molecule has 1 aliphatic carbocycles. The fourth-order valence-electron chi connectivity index (χ4n) is 2.09. The summed E-state index contributed by atoms with van der Waals surface area (Å²) in [7, 11) is 1.89. The van der Waals surface area contributed by atoms with Crippen molar-refractivity contribution in [3.8, 4) is 5.75 Å². The second-order valence-corrected chi connectivity index (χ2v) is 4.90. The molecule has 1 amide bonds. The van der Waals surface area contributed by atoms with E-state index in [0.29, 0.717) is 18.4 Å². The van der Waals surface area contributed by atoms with Gasteiger partial charge in [0.15, 0.2) is 0 Å². The Morgan fingerprint density at radius 1 is 1.33 bits per heavy atom. The minimum atomic E-state index is 0.296. The molecule has 1 aromatic carbocycles. The van der Waals surface area contributed by atoms with Gasteiger partial charge in [0.1, 0.15) is 5.75 Å². The summed E-state index contributed by atoms with van der Waals surface area (Å²) < 4.78 is 5.60. The van der Waals surface area contributed by atoms with Gasteiger partial charge in [0.25, 0.3) is 0 Å². The molecule has 18 heavy (non-hydrogen) atoms. The van der Waals surface area contributed by atoms with Gasteiger partial charge in [0.05, 0.1) is 6.61 Å². The molecule has 0 spiro atoms. The number of amides is 1. The quantitative estimate of drug-likeness (QED) is 0.723. The summed E-state index contributed by atoms with van der Waals surface area (Å²) in [6, 6.07) is 9.79. The van der Waals surface area contributed by atoms with Gasteiger partial charge in [0.2, 0.25) is 5.91 Å². The van der Waals surface area contributed by atoms with Crippen molar-refractivity contribution in [2.24, 2.45) is 5.92 Å². The molecule has 0 atom stereocenters. The highest BCUT2D eigenvalue weighted by molar-refractivity contribution is 5.79. The first-order chi connectivity index (χ1) is 8.77. The molecular formula is C15H21NO2. The largest absolute Gasteiger partial charge is 0.494 e. The van der Waals surface area contributed by atoms with E-state index in [4.69, 9.17) is 4.74 Å². The first kappa shape index (κ1) is 12.9. The lowest BCUT2D eigenvalue weighted by Crippen LogP contribution is -2.37. The fraction of sp³-hybridized carbons (Fsp3) is 0.533. The van der Waals surface area contributed by atoms with Crippen LogP contribution in [0.3, 0.4) is 0 Å². The molecule has 1 aromatic rings. The Morgan fingerprint density at radius 2 is 2.06 bits per heavy atom. The molecule has 0 radical (unpaired) electrons. The van der Waals surface area contributed by atoms with Crippen molar-refractivity contribution in [3.63, 3.8) is 0 Å². The van der Waals surface area contributed by atoms with Gasteiger partial charge in [-0.2, -0.15) is 0 Å². The third-order valence-electron chi connectivity index (χ3n) is 3.48. The van der Waals surface area contributed by atoms with Crippen molar-refractivity contribution < 1.29 is 9.53 Å². The van der Waals surface area contributed by atoms with E-state index in [-0.39, 0.29) is 0 Å². The second kappa shape index (κ2) is 6.43. The first-order valence-electron chi connectivity index (χ1n) is 6.70. The minimum absolute atomic E-state index is 0.296. The van der Waals surface area contributed by atoms with E-state index in [1.807, 2.05) is 42.3 Å². The van der Waals surface area contributed by atoms with Gasteiger partial charge in [-0.25, -0.2) is 0 Å². The molecule has 0 aromatic heterocycles. The number of para-hydroxylation sites is 1. The molecule has 1 fully saturated rings. The topological polar surface area (TPSA) is 29.5 Å². The zero-order valence-electron chi connectivity index (χ0n) is 11.0. The van der Waals surface area contributed by atoms with E-state index < -0.39 is 0 Å². The van der Waals surface area contributed by atoms with E-state index in [1.54, 1.807) is 0 Å². The molecule has 98 valence electrons. The predicted octanol–water partition coefficient (Wildman–Crippen LogP) is 2.71. The van der Waals surface area contributed by atoms with Crippen LogP contribution in [-0.4, -0.2) is 31.0 Å². The molecule has 3 heteroatoms. The molecule has 3 nitrogen and oxygen atoms in total. The van der Waals surface area contributed by atoms with E-state index >= 15 is 0 Å². The summed E-state index contributed by atoms with van der Waals surface area (Å²) in [5.41, 5.74) is 0. The van der Waals surface area contributed by atoms with Crippen LogP contribution in [0.4, 0.5) is 0 Å². The second-order valence-electron chi connectivity index (χ2n) is 4.90. The predicted molar refractivity (Wildman–Crippen MR) is 71.5 cm³/mol. The lowest BCUT2D eigenvalue weighted by Gasteiger charge is -2.29. The van der Waals surface area contributed by atoms with Crippen LogP contribution in [0.25, 0.3) is 0 Å². The van der Waals surface area contributed by atoms with Gasteiger partial charge in [-0.1, -0.05) is 24.6 Å². The average molecular weight is 247 g/mol. The maximum Gasteiger partial charge on any atom is 0.225 e. The summed E-state index contributed by atoms with van der Waals surface area (Å²) in [4.78, 5) is 13.7. The normalized spacial score (nSPS) is 14.9. The number of nitrogens with zero attached hydrogens (tertiary/aromatic N) is 1. The van der Waals surface area contributed by atoms with E-state index in [1.165, 1.54) is 6.42 Å². The molecule has 1 aliphatic rings. The Labute approximate surface area is 109 Å². The van der Waals surface area contributed by atoms with Crippen molar-refractivity contribution >= 4 is 5.91 Å². The SMILES string of the molecule is CN(CCCOc1ccccc1)C(=O)C1CCC1. The van der Waals surface area contributed by atoms with Gasteiger partial charge >= 0.3 is 0 Å². The van der Waals surface area contributed by atoms with Crippen molar-refractivity contribution in [3.05, 3.63) is 30.3 Å². The lowest BCUT2D eigenvalue weighted by molar-refractivity contribution is -0.136. The third-order valence-corrected chi connectivity index (χ3v) is 3.48. The lowest BCUT2D eigenvalue weighted by atomic mass is 9.84. The van der Waals surface area contributed by atoms with Crippen LogP contribution < -0.4 is 4.74 Å². The Balaban J connectivity index is 1.61. The molecule has 0 N–H and O–H groups in total. The molecular weight excluding hydrogens is 226 g/mol. The number of ether oxygens (including phenoxy) is 1. The van der Waals surface area contributed by atoms with E-state index in [0.717, 1.165) is 31.6 Å². The van der Waals surface area contributed by atoms with Gasteiger partial charge < -0.3 is 9.64 Å². The molecule has 2 rings (SSSR count). The highest BCUT2D eigenvalue weighted by Gasteiger charge is 2.27. The van der Waals surface area contributed by atoms with Gasteiger partial charge in [0, 0.05) is 19.5 Å². The first-order valence-corrected chi connectivity index (χ1v) is 6.70.